The van der Waals surface area contributed by atoms with Gasteiger partial charge < -0.3 is 10.1 Å². The third-order valence-electron chi connectivity index (χ3n) is 2.63. The number of likely N-dealkylation sites (N-methyl/N-ethyl adjacent to an activating group) is 1. The highest BCUT2D eigenvalue weighted by molar-refractivity contribution is 7.10. The first-order chi connectivity index (χ1) is 8.74. The number of rotatable bonds is 5. The molecule has 0 spiro atoms. The SMILES string of the molecule is CNC(Cc1cc(OC)ncn1)c1sccc1Cl. The second kappa shape index (κ2) is 6.13. The third kappa shape index (κ3) is 2.98. The molecule has 2 rings (SSSR count). The highest BCUT2D eigenvalue weighted by Gasteiger charge is 2.16. The number of methoxy groups -OCH3 is 1. The fraction of sp³-hybridized carbons (Fsp3) is 0.333. The summed E-state index contributed by atoms with van der Waals surface area (Å²) < 4.78 is 5.09. The first-order valence-corrected chi connectivity index (χ1v) is 6.75. The quantitative estimate of drug-likeness (QED) is 0.916. The predicted molar refractivity (Wildman–Crippen MR) is 73.4 cm³/mol. The van der Waals surface area contributed by atoms with Gasteiger partial charge in [0.1, 0.15) is 6.33 Å². The van der Waals surface area contributed by atoms with Gasteiger partial charge >= 0.3 is 0 Å². The van der Waals surface area contributed by atoms with Crippen molar-refractivity contribution >= 4 is 22.9 Å². The van der Waals surface area contributed by atoms with Crippen LogP contribution in [0.25, 0.3) is 0 Å². The molecule has 0 saturated heterocycles. The van der Waals surface area contributed by atoms with Crippen molar-refractivity contribution in [2.45, 2.75) is 12.5 Å². The Morgan fingerprint density at radius 2 is 2.33 bits per heavy atom. The minimum Gasteiger partial charge on any atom is -0.481 e. The van der Waals surface area contributed by atoms with Gasteiger partial charge in [-0.2, -0.15) is 0 Å². The molecule has 0 aliphatic heterocycles. The van der Waals surface area contributed by atoms with E-state index in [4.69, 9.17) is 16.3 Å². The average molecular weight is 284 g/mol. The van der Waals surface area contributed by atoms with Crippen molar-refractivity contribution < 1.29 is 4.74 Å². The second-order valence-electron chi connectivity index (χ2n) is 3.73. The summed E-state index contributed by atoms with van der Waals surface area (Å²) in [5.41, 5.74) is 0.922. The summed E-state index contributed by atoms with van der Waals surface area (Å²) in [5, 5.41) is 6.04. The summed E-state index contributed by atoms with van der Waals surface area (Å²) in [4.78, 5) is 9.36. The number of ether oxygens (including phenoxy) is 1. The lowest BCUT2D eigenvalue weighted by molar-refractivity contribution is 0.395. The number of halogens is 1. The Morgan fingerprint density at radius 3 is 2.94 bits per heavy atom. The van der Waals surface area contributed by atoms with Crippen LogP contribution >= 0.6 is 22.9 Å². The van der Waals surface area contributed by atoms with Crippen LogP contribution in [0.2, 0.25) is 5.02 Å². The van der Waals surface area contributed by atoms with E-state index in [2.05, 4.69) is 15.3 Å². The average Bonchev–Trinajstić information content (AvgIpc) is 2.82. The number of aromatic nitrogens is 2. The maximum atomic E-state index is 6.15. The minimum absolute atomic E-state index is 0.150. The van der Waals surface area contributed by atoms with Crippen LogP contribution in [0.1, 0.15) is 16.6 Å². The minimum atomic E-state index is 0.150. The molecule has 6 heteroatoms. The van der Waals surface area contributed by atoms with Gasteiger partial charge in [0, 0.05) is 29.1 Å². The van der Waals surface area contributed by atoms with E-state index in [9.17, 15) is 0 Å². The Kier molecular flexibility index (Phi) is 4.52. The van der Waals surface area contributed by atoms with Crippen molar-refractivity contribution in [3.8, 4) is 5.88 Å². The maximum Gasteiger partial charge on any atom is 0.216 e. The van der Waals surface area contributed by atoms with Crippen molar-refractivity contribution in [1.82, 2.24) is 15.3 Å². The van der Waals surface area contributed by atoms with Gasteiger partial charge in [-0.05, 0) is 18.5 Å². The summed E-state index contributed by atoms with van der Waals surface area (Å²) >= 11 is 7.79. The van der Waals surface area contributed by atoms with Crippen LogP contribution in [-0.4, -0.2) is 24.1 Å². The maximum absolute atomic E-state index is 6.15. The van der Waals surface area contributed by atoms with E-state index in [1.165, 1.54) is 6.33 Å². The first kappa shape index (κ1) is 13.3. The molecule has 96 valence electrons. The molecule has 0 fully saturated rings. The standard InChI is InChI=1S/C12H14ClN3OS/c1-14-10(12-9(13)3-4-18-12)5-8-6-11(17-2)16-7-15-8/h3-4,6-7,10,14H,5H2,1-2H3. The third-order valence-corrected chi connectivity index (χ3v) is 4.10. The molecule has 18 heavy (non-hydrogen) atoms. The van der Waals surface area contributed by atoms with E-state index in [1.807, 2.05) is 24.6 Å². The molecule has 0 bridgehead atoms. The smallest absolute Gasteiger partial charge is 0.216 e. The van der Waals surface area contributed by atoms with Gasteiger partial charge in [-0.25, -0.2) is 9.97 Å². The topological polar surface area (TPSA) is 47.0 Å². The van der Waals surface area contributed by atoms with Gasteiger partial charge in [-0.3, -0.25) is 0 Å². The molecule has 4 nitrogen and oxygen atoms in total. The Balaban J connectivity index is 2.18. The van der Waals surface area contributed by atoms with Crippen molar-refractivity contribution in [1.29, 1.82) is 0 Å². The monoisotopic (exact) mass is 283 g/mol. The molecule has 1 atom stereocenters. The molecule has 2 heterocycles. The number of nitrogens with one attached hydrogen (secondary N) is 1. The molecule has 2 aromatic heterocycles. The van der Waals surface area contributed by atoms with Crippen LogP contribution in [0.3, 0.4) is 0 Å². The summed E-state index contributed by atoms with van der Waals surface area (Å²) in [7, 11) is 3.51. The Hall–Kier alpha value is -1.17. The van der Waals surface area contributed by atoms with E-state index >= 15 is 0 Å². The molecule has 1 unspecified atom stereocenters. The van der Waals surface area contributed by atoms with Crippen LogP contribution in [0, 0.1) is 0 Å². The van der Waals surface area contributed by atoms with Crippen molar-refractivity contribution in [3.63, 3.8) is 0 Å². The Morgan fingerprint density at radius 1 is 1.50 bits per heavy atom. The Labute approximate surface area is 115 Å². The summed E-state index contributed by atoms with van der Waals surface area (Å²) in [6, 6.07) is 3.90. The van der Waals surface area contributed by atoms with E-state index in [1.54, 1.807) is 18.4 Å². The van der Waals surface area contributed by atoms with Crippen LogP contribution < -0.4 is 10.1 Å². The van der Waals surface area contributed by atoms with Gasteiger partial charge in [0.15, 0.2) is 0 Å². The molecule has 2 aromatic rings. The van der Waals surface area contributed by atoms with Crippen molar-refractivity contribution in [3.05, 3.63) is 39.4 Å². The second-order valence-corrected chi connectivity index (χ2v) is 5.08. The lowest BCUT2D eigenvalue weighted by atomic mass is 10.1. The molecule has 0 aliphatic carbocycles. The summed E-state index contributed by atoms with van der Waals surface area (Å²) in [6.45, 7) is 0. The van der Waals surface area contributed by atoms with Gasteiger partial charge in [-0.15, -0.1) is 11.3 Å². The zero-order valence-electron chi connectivity index (χ0n) is 10.2. The van der Waals surface area contributed by atoms with Crippen LogP contribution in [0.5, 0.6) is 5.88 Å². The lowest BCUT2D eigenvalue weighted by Gasteiger charge is -2.14. The molecule has 1 N–H and O–H groups in total. The van der Waals surface area contributed by atoms with Crippen molar-refractivity contribution in [2.24, 2.45) is 0 Å². The number of nitrogens with zero attached hydrogens (tertiary/aromatic N) is 2. The van der Waals surface area contributed by atoms with Gasteiger partial charge in [0.2, 0.25) is 5.88 Å². The molecule has 0 amide bonds. The molecule has 0 radical (unpaired) electrons. The number of hydrogen-bond acceptors (Lipinski definition) is 5. The normalized spacial score (nSPS) is 12.4. The zero-order valence-corrected chi connectivity index (χ0v) is 11.8. The number of thiophene rings is 1. The predicted octanol–water partition coefficient (Wildman–Crippen LogP) is 2.70. The fourth-order valence-electron chi connectivity index (χ4n) is 1.69. The van der Waals surface area contributed by atoms with Crippen LogP contribution in [-0.2, 0) is 6.42 Å². The lowest BCUT2D eigenvalue weighted by Crippen LogP contribution is -2.18. The first-order valence-electron chi connectivity index (χ1n) is 5.49. The fourth-order valence-corrected chi connectivity index (χ4v) is 2.99. The molecular formula is C12H14ClN3OS. The summed E-state index contributed by atoms with van der Waals surface area (Å²) in [5.74, 6) is 0.576. The molecule has 0 aliphatic rings. The van der Waals surface area contributed by atoms with Crippen LogP contribution in [0.15, 0.2) is 23.8 Å². The van der Waals surface area contributed by atoms with E-state index < -0.39 is 0 Å². The van der Waals surface area contributed by atoms with Crippen LogP contribution in [0.4, 0.5) is 0 Å². The molecule has 0 aromatic carbocycles. The Bertz CT molecular complexity index is 518. The van der Waals surface area contributed by atoms with Gasteiger partial charge in [0.25, 0.3) is 0 Å². The highest BCUT2D eigenvalue weighted by Crippen LogP contribution is 2.30. The molecule has 0 saturated carbocycles. The number of hydrogen-bond donors (Lipinski definition) is 1. The summed E-state index contributed by atoms with van der Waals surface area (Å²) in [6.07, 6.45) is 2.26. The highest BCUT2D eigenvalue weighted by atomic mass is 35.5. The van der Waals surface area contributed by atoms with E-state index in [0.717, 1.165) is 22.0 Å². The zero-order chi connectivity index (χ0) is 13.0. The van der Waals surface area contributed by atoms with Gasteiger partial charge in [0.05, 0.1) is 12.1 Å². The van der Waals surface area contributed by atoms with Crippen molar-refractivity contribution in [2.75, 3.05) is 14.2 Å². The molecular weight excluding hydrogens is 270 g/mol. The van der Waals surface area contributed by atoms with E-state index in [0.29, 0.717) is 5.88 Å². The van der Waals surface area contributed by atoms with Gasteiger partial charge in [-0.1, -0.05) is 11.6 Å². The van der Waals surface area contributed by atoms with E-state index in [-0.39, 0.29) is 6.04 Å². The largest absolute Gasteiger partial charge is 0.481 e.